The Bertz CT molecular complexity index is 847. The van der Waals surface area contributed by atoms with Gasteiger partial charge in [0, 0.05) is 22.3 Å². The van der Waals surface area contributed by atoms with Crippen molar-refractivity contribution in [2.24, 2.45) is 0 Å². The van der Waals surface area contributed by atoms with E-state index in [0.717, 1.165) is 5.56 Å². The predicted octanol–water partition coefficient (Wildman–Crippen LogP) is 4.23. The summed E-state index contributed by atoms with van der Waals surface area (Å²) in [6.07, 6.45) is -4.68. The minimum absolute atomic E-state index is 0.171. The van der Waals surface area contributed by atoms with Crippen LogP contribution in [0.4, 0.5) is 13.2 Å². The van der Waals surface area contributed by atoms with Crippen LogP contribution in [0.2, 0.25) is 0 Å². The van der Waals surface area contributed by atoms with E-state index in [-0.39, 0.29) is 5.82 Å². The van der Waals surface area contributed by atoms with Crippen molar-refractivity contribution in [1.29, 1.82) is 0 Å². The molecule has 3 rings (SSSR count). The van der Waals surface area contributed by atoms with E-state index in [1.165, 1.54) is 12.1 Å². The Morgan fingerprint density at radius 1 is 1.04 bits per heavy atom. The van der Waals surface area contributed by atoms with Crippen LogP contribution in [-0.4, -0.2) is 14.7 Å². The van der Waals surface area contributed by atoms with Crippen molar-refractivity contribution in [2.45, 2.75) is 22.9 Å². The molecule has 4 nitrogen and oxygen atoms in total. The third kappa shape index (κ3) is 3.29. The standard InChI is InChI=1S/C16H11F3N2O2S/c1-10-4-2-3-5-13(10)24(22)12-8-6-11(7-9-12)14-20-15(23-21-14)16(17,18)19/h2-9H,1H3. The Kier molecular flexibility index (Phi) is 4.33. The summed E-state index contributed by atoms with van der Waals surface area (Å²) in [7, 11) is 0. The van der Waals surface area contributed by atoms with Crippen LogP contribution in [-0.2, 0) is 17.4 Å². The molecular formula is C16H11F3N2O2S. The van der Waals surface area contributed by atoms with Crippen LogP contribution in [0.25, 0.3) is 11.4 Å². The minimum Gasteiger partial charge on any atom is -0.606 e. The molecule has 0 saturated carbocycles. The highest BCUT2D eigenvalue weighted by Crippen LogP contribution is 2.30. The molecule has 0 amide bonds. The first kappa shape index (κ1) is 16.5. The average Bonchev–Trinajstić information content (AvgIpc) is 3.05. The number of aryl methyl sites for hydroxylation is 1. The molecule has 0 aliphatic rings. The number of rotatable bonds is 3. The van der Waals surface area contributed by atoms with Crippen LogP contribution in [0.15, 0.2) is 62.8 Å². The van der Waals surface area contributed by atoms with Gasteiger partial charge in [-0.2, -0.15) is 18.2 Å². The fraction of sp³-hybridized carbons (Fsp3) is 0.125. The lowest BCUT2D eigenvalue weighted by molar-refractivity contribution is -0.159. The maximum absolute atomic E-state index is 12.6. The van der Waals surface area contributed by atoms with E-state index >= 15 is 0 Å². The van der Waals surface area contributed by atoms with Gasteiger partial charge in [-0.05, 0) is 37.3 Å². The van der Waals surface area contributed by atoms with E-state index in [1.807, 2.05) is 19.1 Å². The molecule has 1 atom stereocenters. The Balaban J connectivity index is 1.86. The lowest BCUT2D eigenvalue weighted by Gasteiger charge is -2.11. The zero-order valence-electron chi connectivity index (χ0n) is 12.4. The second-order valence-electron chi connectivity index (χ2n) is 4.98. The van der Waals surface area contributed by atoms with Crippen LogP contribution in [0.3, 0.4) is 0 Å². The monoisotopic (exact) mass is 352 g/mol. The van der Waals surface area contributed by atoms with Crippen molar-refractivity contribution < 1.29 is 22.2 Å². The lowest BCUT2D eigenvalue weighted by atomic mass is 10.2. The van der Waals surface area contributed by atoms with Crippen molar-refractivity contribution in [3.05, 3.63) is 60.0 Å². The van der Waals surface area contributed by atoms with Crippen LogP contribution in [0.5, 0.6) is 0 Å². The summed E-state index contributed by atoms with van der Waals surface area (Å²) >= 11 is -1.38. The average molecular weight is 352 g/mol. The quantitative estimate of drug-likeness (QED) is 0.662. The molecule has 0 fully saturated rings. The van der Waals surface area contributed by atoms with Gasteiger partial charge < -0.3 is 9.08 Å². The molecule has 0 saturated heterocycles. The molecule has 124 valence electrons. The highest BCUT2D eigenvalue weighted by Gasteiger charge is 2.38. The van der Waals surface area contributed by atoms with Crippen molar-refractivity contribution >= 4 is 11.2 Å². The van der Waals surface area contributed by atoms with Gasteiger partial charge in [-0.25, -0.2) is 0 Å². The maximum Gasteiger partial charge on any atom is 0.471 e. The van der Waals surface area contributed by atoms with Gasteiger partial charge in [-0.15, -0.1) is 0 Å². The second kappa shape index (κ2) is 6.29. The molecule has 1 heterocycles. The highest BCUT2D eigenvalue weighted by atomic mass is 32.2. The summed E-state index contributed by atoms with van der Waals surface area (Å²) in [5, 5.41) is 3.32. The summed E-state index contributed by atoms with van der Waals surface area (Å²) in [4.78, 5) is 4.54. The Morgan fingerprint density at radius 2 is 1.71 bits per heavy atom. The number of hydrogen-bond acceptors (Lipinski definition) is 4. The number of benzene rings is 2. The van der Waals surface area contributed by atoms with Crippen LogP contribution in [0.1, 0.15) is 11.5 Å². The third-order valence-corrected chi connectivity index (χ3v) is 4.85. The van der Waals surface area contributed by atoms with Gasteiger partial charge in [0.1, 0.15) is 0 Å². The van der Waals surface area contributed by atoms with Gasteiger partial charge in [-0.1, -0.05) is 23.4 Å². The first-order chi connectivity index (χ1) is 11.4. The molecule has 0 aliphatic carbocycles. The number of alkyl halides is 3. The molecule has 2 aromatic carbocycles. The number of nitrogens with zero attached hydrogens (tertiary/aromatic N) is 2. The number of halogens is 3. The largest absolute Gasteiger partial charge is 0.606 e. The first-order valence-corrected chi connectivity index (χ1v) is 8.00. The summed E-state index contributed by atoms with van der Waals surface area (Å²) < 4.78 is 54.2. The summed E-state index contributed by atoms with van der Waals surface area (Å²) in [5.41, 5.74) is 1.24. The second-order valence-corrected chi connectivity index (χ2v) is 6.43. The van der Waals surface area contributed by atoms with E-state index < -0.39 is 23.2 Å². The molecule has 0 spiro atoms. The van der Waals surface area contributed by atoms with Gasteiger partial charge in [0.25, 0.3) is 0 Å². The zero-order chi connectivity index (χ0) is 17.3. The van der Waals surface area contributed by atoms with Gasteiger partial charge in [0.15, 0.2) is 9.79 Å². The normalized spacial score (nSPS) is 13.0. The van der Waals surface area contributed by atoms with Gasteiger partial charge in [-0.3, -0.25) is 0 Å². The molecule has 0 radical (unpaired) electrons. The molecule has 3 aromatic rings. The fourth-order valence-corrected chi connectivity index (χ4v) is 3.27. The summed E-state index contributed by atoms with van der Waals surface area (Å²) in [6.45, 7) is 1.86. The number of hydrogen-bond donors (Lipinski definition) is 0. The van der Waals surface area contributed by atoms with Crippen molar-refractivity contribution in [2.75, 3.05) is 0 Å². The topological polar surface area (TPSA) is 62.0 Å². The maximum atomic E-state index is 12.6. The van der Waals surface area contributed by atoms with E-state index in [1.54, 1.807) is 24.3 Å². The zero-order valence-corrected chi connectivity index (χ0v) is 13.2. The molecular weight excluding hydrogens is 341 g/mol. The predicted molar refractivity (Wildman–Crippen MR) is 80.6 cm³/mol. The Hall–Kier alpha value is -2.32. The molecule has 0 N–H and O–H groups in total. The van der Waals surface area contributed by atoms with Crippen LogP contribution < -0.4 is 0 Å². The molecule has 0 aliphatic heterocycles. The molecule has 1 unspecified atom stereocenters. The minimum atomic E-state index is -4.68. The first-order valence-electron chi connectivity index (χ1n) is 6.85. The highest BCUT2D eigenvalue weighted by molar-refractivity contribution is 7.91. The van der Waals surface area contributed by atoms with E-state index in [0.29, 0.717) is 15.4 Å². The lowest BCUT2D eigenvalue weighted by Crippen LogP contribution is -2.05. The summed E-state index contributed by atoms with van der Waals surface area (Å²) in [5.74, 6) is -1.57. The van der Waals surface area contributed by atoms with Gasteiger partial charge in [0.2, 0.25) is 5.82 Å². The molecule has 1 aromatic heterocycles. The van der Waals surface area contributed by atoms with Crippen molar-refractivity contribution in [1.82, 2.24) is 10.1 Å². The summed E-state index contributed by atoms with van der Waals surface area (Å²) in [6, 6.07) is 13.4. The van der Waals surface area contributed by atoms with Gasteiger partial charge >= 0.3 is 12.1 Å². The third-order valence-electron chi connectivity index (χ3n) is 3.29. The SMILES string of the molecule is Cc1ccccc1[S+]([O-])c1ccc(-c2noc(C(F)(F)F)n2)cc1. The molecule has 8 heteroatoms. The van der Waals surface area contributed by atoms with Crippen molar-refractivity contribution in [3.63, 3.8) is 0 Å². The van der Waals surface area contributed by atoms with Crippen LogP contribution >= 0.6 is 0 Å². The fourth-order valence-electron chi connectivity index (χ4n) is 2.07. The number of aromatic nitrogens is 2. The Labute approximate surface area is 138 Å². The van der Waals surface area contributed by atoms with E-state index in [4.69, 9.17) is 0 Å². The van der Waals surface area contributed by atoms with Crippen LogP contribution in [0, 0.1) is 6.92 Å². The Morgan fingerprint density at radius 3 is 2.29 bits per heavy atom. The van der Waals surface area contributed by atoms with E-state index in [9.17, 15) is 17.7 Å². The van der Waals surface area contributed by atoms with Crippen molar-refractivity contribution in [3.8, 4) is 11.4 Å². The molecule has 24 heavy (non-hydrogen) atoms. The molecule has 0 bridgehead atoms. The smallest absolute Gasteiger partial charge is 0.471 e. The van der Waals surface area contributed by atoms with Gasteiger partial charge in [0.05, 0.1) is 0 Å². The van der Waals surface area contributed by atoms with E-state index in [2.05, 4.69) is 14.7 Å².